The lowest BCUT2D eigenvalue weighted by Gasteiger charge is -2.14. The van der Waals surface area contributed by atoms with E-state index in [2.05, 4.69) is 10.6 Å². The highest BCUT2D eigenvalue weighted by atomic mass is 35.5. The molecule has 0 fully saturated rings. The molecule has 1 aromatic carbocycles. The van der Waals surface area contributed by atoms with Crippen molar-refractivity contribution in [2.75, 3.05) is 13.1 Å². The maximum absolute atomic E-state index is 11.5. The van der Waals surface area contributed by atoms with Crippen LogP contribution >= 0.6 is 11.6 Å². The zero-order valence-electron chi connectivity index (χ0n) is 10.1. The zero-order valence-corrected chi connectivity index (χ0v) is 10.8. The van der Waals surface area contributed by atoms with E-state index in [1.165, 1.54) is 0 Å². The fourth-order valence-electron chi connectivity index (χ4n) is 1.40. The van der Waals surface area contributed by atoms with Crippen molar-refractivity contribution in [3.8, 4) is 0 Å². The van der Waals surface area contributed by atoms with Crippen LogP contribution in [0, 0.1) is 0 Å². The van der Waals surface area contributed by atoms with E-state index in [0.29, 0.717) is 5.02 Å². The van der Waals surface area contributed by atoms with Crippen LogP contribution in [0.2, 0.25) is 5.02 Å². The molecule has 4 N–H and O–H groups in total. The summed E-state index contributed by atoms with van der Waals surface area (Å²) < 4.78 is 0. The summed E-state index contributed by atoms with van der Waals surface area (Å²) in [6.07, 6.45) is 0. The van der Waals surface area contributed by atoms with E-state index in [4.69, 9.17) is 17.3 Å². The molecule has 0 aliphatic carbocycles. The van der Waals surface area contributed by atoms with Gasteiger partial charge in [0.25, 0.3) is 0 Å². The van der Waals surface area contributed by atoms with Crippen LogP contribution in [0.4, 0.5) is 0 Å². The quantitative estimate of drug-likeness (QED) is 0.732. The third-order valence-electron chi connectivity index (χ3n) is 2.36. The second-order valence-corrected chi connectivity index (χ2v) is 4.26. The highest BCUT2D eigenvalue weighted by Crippen LogP contribution is 2.16. The first kappa shape index (κ1) is 14.5. The lowest BCUT2D eigenvalue weighted by atomic mass is 10.1. The molecule has 0 aromatic heterocycles. The number of amides is 2. The molecule has 0 unspecified atom stereocenters. The number of nitrogens with one attached hydrogen (secondary N) is 2. The fraction of sp³-hybridized carbons (Fsp3) is 0.333. The smallest absolute Gasteiger partial charge is 0.239 e. The van der Waals surface area contributed by atoms with Crippen LogP contribution in [0.25, 0.3) is 0 Å². The van der Waals surface area contributed by atoms with Crippen molar-refractivity contribution in [3.63, 3.8) is 0 Å². The molecular weight excluding hydrogens is 254 g/mol. The summed E-state index contributed by atoms with van der Waals surface area (Å²) in [7, 11) is 0. The molecule has 0 bridgehead atoms. The van der Waals surface area contributed by atoms with Crippen molar-refractivity contribution < 1.29 is 9.59 Å². The Kier molecular flexibility index (Phi) is 5.61. The van der Waals surface area contributed by atoms with Gasteiger partial charge in [0.15, 0.2) is 0 Å². The summed E-state index contributed by atoms with van der Waals surface area (Å²) in [4.78, 5) is 22.4. The number of hydrogen-bond donors (Lipinski definition) is 3. The van der Waals surface area contributed by atoms with Gasteiger partial charge in [0.05, 0.1) is 19.1 Å². The largest absolute Gasteiger partial charge is 0.348 e. The minimum absolute atomic E-state index is 0.0824. The number of hydrogen-bond acceptors (Lipinski definition) is 3. The molecular formula is C12H16ClN3O2. The molecule has 0 radical (unpaired) electrons. The number of nitrogens with two attached hydrogens (primary N) is 1. The van der Waals surface area contributed by atoms with Crippen LogP contribution in [0.3, 0.4) is 0 Å². The SMILES string of the molecule is C[C@@H](NC(=O)CNC(=O)CN)c1cccc(Cl)c1. The summed E-state index contributed by atoms with van der Waals surface area (Å²) in [6, 6.07) is 7.06. The van der Waals surface area contributed by atoms with E-state index in [1.807, 2.05) is 19.1 Å². The first-order valence-corrected chi connectivity index (χ1v) is 5.92. The van der Waals surface area contributed by atoms with Gasteiger partial charge in [-0.25, -0.2) is 0 Å². The van der Waals surface area contributed by atoms with Gasteiger partial charge in [0, 0.05) is 5.02 Å². The Labute approximate surface area is 111 Å². The van der Waals surface area contributed by atoms with Gasteiger partial charge in [-0.3, -0.25) is 9.59 Å². The monoisotopic (exact) mass is 269 g/mol. The molecule has 6 heteroatoms. The molecule has 18 heavy (non-hydrogen) atoms. The van der Waals surface area contributed by atoms with Crippen LogP contribution in [-0.2, 0) is 9.59 Å². The lowest BCUT2D eigenvalue weighted by molar-refractivity contribution is -0.125. The molecule has 2 amide bonds. The molecule has 0 spiro atoms. The average Bonchev–Trinajstić information content (AvgIpc) is 2.35. The Morgan fingerprint density at radius 2 is 2.11 bits per heavy atom. The molecule has 98 valence electrons. The summed E-state index contributed by atoms with van der Waals surface area (Å²) in [5.74, 6) is -0.634. The van der Waals surface area contributed by atoms with Crippen molar-refractivity contribution in [2.24, 2.45) is 5.73 Å². The number of benzene rings is 1. The summed E-state index contributed by atoms with van der Waals surface area (Å²) in [5.41, 5.74) is 6.01. The van der Waals surface area contributed by atoms with E-state index in [1.54, 1.807) is 12.1 Å². The molecule has 0 aliphatic rings. The third-order valence-corrected chi connectivity index (χ3v) is 2.59. The second kappa shape index (κ2) is 6.98. The van der Waals surface area contributed by atoms with Gasteiger partial charge in [0.2, 0.25) is 11.8 Å². The van der Waals surface area contributed by atoms with Crippen LogP contribution in [0.5, 0.6) is 0 Å². The van der Waals surface area contributed by atoms with Crippen molar-refractivity contribution >= 4 is 23.4 Å². The Hall–Kier alpha value is -1.59. The molecule has 1 aromatic rings. The van der Waals surface area contributed by atoms with Gasteiger partial charge in [-0.1, -0.05) is 23.7 Å². The average molecular weight is 270 g/mol. The molecule has 0 saturated carbocycles. The Balaban J connectivity index is 2.47. The maximum Gasteiger partial charge on any atom is 0.239 e. The van der Waals surface area contributed by atoms with E-state index < -0.39 is 0 Å². The lowest BCUT2D eigenvalue weighted by Crippen LogP contribution is -2.40. The van der Waals surface area contributed by atoms with E-state index >= 15 is 0 Å². The number of carbonyl (C=O) groups excluding carboxylic acids is 2. The first-order valence-electron chi connectivity index (χ1n) is 5.54. The van der Waals surface area contributed by atoms with Gasteiger partial charge < -0.3 is 16.4 Å². The highest BCUT2D eigenvalue weighted by Gasteiger charge is 2.10. The fourth-order valence-corrected chi connectivity index (χ4v) is 1.60. The topological polar surface area (TPSA) is 84.2 Å². The van der Waals surface area contributed by atoms with E-state index in [9.17, 15) is 9.59 Å². The van der Waals surface area contributed by atoms with Crippen LogP contribution in [0.1, 0.15) is 18.5 Å². The molecule has 1 atom stereocenters. The number of rotatable bonds is 5. The highest BCUT2D eigenvalue weighted by molar-refractivity contribution is 6.30. The van der Waals surface area contributed by atoms with Crippen molar-refractivity contribution in [1.29, 1.82) is 0 Å². The first-order chi connectivity index (χ1) is 8.52. The van der Waals surface area contributed by atoms with Crippen LogP contribution in [0.15, 0.2) is 24.3 Å². The summed E-state index contributed by atoms with van der Waals surface area (Å²) >= 11 is 5.86. The zero-order chi connectivity index (χ0) is 13.5. The standard InChI is InChI=1S/C12H16ClN3O2/c1-8(9-3-2-4-10(13)5-9)16-12(18)7-15-11(17)6-14/h2-5,8H,6-7,14H2,1H3,(H,15,17)(H,16,18)/t8-/m1/s1. The van der Waals surface area contributed by atoms with Gasteiger partial charge in [0.1, 0.15) is 0 Å². The minimum Gasteiger partial charge on any atom is -0.348 e. The van der Waals surface area contributed by atoms with Gasteiger partial charge in [-0.05, 0) is 24.6 Å². The van der Waals surface area contributed by atoms with Crippen molar-refractivity contribution in [1.82, 2.24) is 10.6 Å². The Bertz CT molecular complexity index is 437. The maximum atomic E-state index is 11.5. The molecule has 0 saturated heterocycles. The van der Waals surface area contributed by atoms with Gasteiger partial charge >= 0.3 is 0 Å². The second-order valence-electron chi connectivity index (χ2n) is 3.83. The molecule has 1 rings (SSSR count). The predicted molar refractivity (Wildman–Crippen MR) is 70.1 cm³/mol. The van der Waals surface area contributed by atoms with Gasteiger partial charge in [-0.15, -0.1) is 0 Å². The third kappa shape index (κ3) is 4.73. The number of halogens is 1. The van der Waals surface area contributed by atoms with Crippen LogP contribution < -0.4 is 16.4 Å². The summed E-state index contributed by atoms with van der Waals surface area (Å²) in [5, 5.41) is 5.76. The Morgan fingerprint density at radius 1 is 1.39 bits per heavy atom. The minimum atomic E-state index is -0.361. The van der Waals surface area contributed by atoms with E-state index in [0.717, 1.165) is 5.56 Å². The predicted octanol–water partition coefficient (Wildman–Crippen LogP) is 0.592. The van der Waals surface area contributed by atoms with Crippen molar-refractivity contribution in [3.05, 3.63) is 34.9 Å². The van der Waals surface area contributed by atoms with E-state index in [-0.39, 0.29) is 30.9 Å². The Morgan fingerprint density at radius 3 is 2.72 bits per heavy atom. The molecule has 0 aliphatic heterocycles. The van der Waals surface area contributed by atoms with Crippen LogP contribution in [-0.4, -0.2) is 24.9 Å². The molecule has 5 nitrogen and oxygen atoms in total. The summed E-state index contributed by atoms with van der Waals surface area (Å²) in [6.45, 7) is 1.63. The number of carbonyl (C=O) groups is 2. The van der Waals surface area contributed by atoms with Crippen molar-refractivity contribution in [2.45, 2.75) is 13.0 Å². The van der Waals surface area contributed by atoms with Gasteiger partial charge in [-0.2, -0.15) is 0 Å². The molecule has 0 heterocycles. The normalized spacial score (nSPS) is 11.7.